The van der Waals surface area contributed by atoms with Gasteiger partial charge >= 0.3 is 0 Å². The second kappa shape index (κ2) is 6.76. The van der Waals surface area contributed by atoms with Crippen LogP contribution in [0.5, 0.6) is 0 Å². The fourth-order valence-corrected chi connectivity index (χ4v) is 3.00. The van der Waals surface area contributed by atoms with Crippen LogP contribution in [0, 0.1) is 0 Å². The number of hydrogen-bond donors (Lipinski definition) is 1. The summed E-state index contributed by atoms with van der Waals surface area (Å²) in [4.78, 5) is 20.8. The van der Waals surface area contributed by atoms with Gasteiger partial charge in [-0.25, -0.2) is 14.6 Å². The quantitative estimate of drug-likeness (QED) is 0.617. The Kier molecular flexibility index (Phi) is 4.15. The van der Waals surface area contributed by atoms with E-state index in [1.807, 2.05) is 31.2 Å². The Balaban J connectivity index is 1.59. The van der Waals surface area contributed by atoms with E-state index in [4.69, 9.17) is 0 Å². The van der Waals surface area contributed by atoms with Crippen molar-refractivity contribution >= 4 is 16.7 Å². The Morgan fingerprint density at radius 3 is 2.81 bits per heavy atom. The Labute approximate surface area is 150 Å². The molecule has 2 heterocycles. The maximum absolute atomic E-state index is 12.7. The van der Waals surface area contributed by atoms with E-state index in [0.29, 0.717) is 11.4 Å². The highest BCUT2D eigenvalue weighted by Crippen LogP contribution is 2.24. The molecule has 0 unspecified atom stereocenters. The molecule has 1 amide bonds. The van der Waals surface area contributed by atoms with Gasteiger partial charge in [-0.05, 0) is 35.4 Å². The predicted molar refractivity (Wildman–Crippen MR) is 99.0 cm³/mol. The number of carbonyl (C=O) groups excluding carboxylic acids is 1. The summed E-state index contributed by atoms with van der Waals surface area (Å²) in [5.41, 5.74) is 1.61. The van der Waals surface area contributed by atoms with Crippen LogP contribution >= 0.6 is 0 Å². The van der Waals surface area contributed by atoms with Gasteiger partial charge < -0.3 is 5.32 Å². The molecule has 0 radical (unpaired) electrons. The summed E-state index contributed by atoms with van der Waals surface area (Å²) < 4.78 is 1.52. The molecule has 0 saturated heterocycles. The minimum atomic E-state index is -0.158. The number of pyridine rings is 1. The largest absolute Gasteiger partial charge is 0.345 e. The summed E-state index contributed by atoms with van der Waals surface area (Å²) in [6.07, 6.45) is 4.56. The van der Waals surface area contributed by atoms with Crippen molar-refractivity contribution < 1.29 is 4.79 Å². The zero-order valence-corrected chi connectivity index (χ0v) is 14.2. The molecule has 4 aromatic rings. The first-order valence-electron chi connectivity index (χ1n) is 8.32. The Morgan fingerprint density at radius 2 is 1.96 bits per heavy atom. The van der Waals surface area contributed by atoms with Crippen molar-refractivity contribution in [3.8, 4) is 5.82 Å². The first-order valence-corrected chi connectivity index (χ1v) is 8.32. The lowest BCUT2D eigenvalue weighted by Crippen LogP contribution is -2.27. The van der Waals surface area contributed by atoms with E-state index in [-0.39, 0.29) is 11.9 Å². The fraction of sp³-hybridized carbons (Fsp3) is 0.100. The summed E-state index contributed by atoms with van der Waals surface area (Å²) in [5.74, 6) is 0.391. The van der Waals surface area contributed by atoms with Crippen LogP contribution in [0.3, 0.4) is 0 Å². The number of nitrogens with zero attached hydrogens (tertiary/aromatic N) is 4. The summed E-state index contributed by atoms with van der Waals surface area (Å²) in [6, 6.07) is 17.5. The van der Waals surface area contributed by atoms with Crippen LogP contribution in [0.25, 0.3) is 16.6 Å². The maximum Gasteiger partial charge on any atom is 0.251 e. The van der Waals surface area contributed by atoms with Crippen molar-refractivity contribution in [3.05, 3.63) is 84.6 Å². The minimum absolute atomic E-state index is 0.128. The van der Waals surface area contributed by atoms with E-state index < -0.39 is 0 Å². The van der Waals surface area contributed by atoms with Gasteiger partial charge in [0.25, 0.3) is 5.91 Å². The van der Waals surface area contributed by atoms with E-state index in [9.17, 15) is 4.79 Å². The zero-order valence-electron chi connectivity index (χ0n) is 14.2. The van der Waals surface area contributed by atoms with Gasteiger partial charge in [-0.2, -0.15) is 5.10 Å². The molecule has 26 heavy (non-hydrogen) atoms. The second-order valence-corrected chi connectivity index (χ2v) is 6.01. The molecule has 0 aliphatic rings. The lowest BCUT2D eigenvalue weighted by molar-refractivity contribution is 0.0940. The summed E-state index contributed by atoms with van der Waals surface area (Å²) in [7, 11) is 0. The first kappa shape index (κ1) is 16.0. The third-order valence-electron chi connectivity index (χ3n) is 4.30. The maximum atomic E-state index is 12.7. The molecule has 0 aliphatic heterocycles. The zero-order chi connectivity index (χ0) is 17.9. The van der Waals surface area contributed by atoms with Crippen molar-refractivity contribution in [2.75, 3.05) is 0 Å². The normalized spacial score (nSPS) is 12.0. The molecule has 0 bridgehead atoms. The number of nitrogens with one attached hydrogen (secondary N) is 1. The molecule has 0 aliphatic carbocycles. The standard InChI is InChI=1S/C20H17N5O/c1-14(17-8-4-6-15-5-2-3-7-18(15)17)24-20(26)16-9-10-22-19(11-16)25-13-21-12-23-25/h2-14H,1H3,(H,24,26)/t14-/m0/s1. The molecular weight excluding hydrogens is 326 g/mol. The number of carbonyl (C=O) groups is 1. The lowest BCUT2D eigenvalue weighted by atomic mass is 9.99. The van der Waals surface area contributed by atoms with Crippen LogP contribution in [0.2, 0.25) is 0 Å². The number of amides is 1. The monoisotopic (exact) mass is 343 g/mol. The SMILES string of the molecule is C[C@H](NC(=O)c1ccnc(-n2cncn2)c1)c1cccc2ccccc12. The number of hydrogen-bond acceptors (Lipinski definition) is 4. The van der Waals surface area contributed by atoms with E-state index in [1.54, 1.807) is 24.7 Å². The first-order chi connectivity index (χ1) is 12.7. The Bertz CT molecular complexity index is 1050. The lowest BCUT2D eigenvalue weighted by Gasteiger charge is -2.17. The molecule has 1 atom stereocenters. The molecule has 2 aromatic carbocycles. The van der Waals surface area contributed by atoms with Crippen molar-refractivity contribution in [1.29, 1.82) is 0 Å². The van der Waals surface area contributed by atoms with E-state index in [0.717, 1.165) is 16.3 Å². The van der Waals surface area contributed by atoms with Gasteiger partial charge in [-0.3, -0.25) is 4.79 Å². The molecule has 0 saturated carbocycles. The topological polar surface area (TPSA) is 72.7 Å². The van der Waals surface area contributed by atoms with Crippen LogP contribution < -0.4 is 5.32 Å². The average molecular weight is 343 g/mol. The van der Waals surface area contributed by atoms with Crippen molar-refractivity contribution in [2.24, 2.45) is 0 Å². The minimum Gasteiger partial charge on any atom is -0.345 e. The highest BCUT2D eigenvalue weighted by atomic mass is 16.1. The molecule has 128 valence electrons. The van der Waals surface area contributed by atoms with Crippen LogP contribution in [-0.4, -0.2) is 25.7 Å². The number of benzene rings is 2. The summed E-state index contributed by atoms with van der Waals surface area (Å²) in [5, 5.41) is 9.40. The molecule has 2 aromatic heterocycles. The van der Waals surface area contributed by atoms with E-state index in [2.05, 4.69) is 38.6 Å². The number of fused-ring (bicyclic) bond motifs is 1. The van der Waals surface area contributed by atoms with Crippen LogP contribution in [0.4, 0.5) is 0 Å². The highest BCUT2D eigenvalue weighted by Gasteiger charge is 2.14. The molecule has 6 nitrogen and oxygen atoms in total. The van der Waals surface area contributed by atoms with Gasteiger partial charge in [0.05, 0.1) is 6.04 Å². The van der Waals surface area contributed by atoms with Gasteiger partial charge in [0.15, 0.2) is 5.82 Å². The van der Waals surface area contributed by atoms with Gasteiger partial charge in [-0.15, -0.1) is 0 Å². The third-order valence-corrected chi connectivity index (χ3v) is 4.30. The average Bonchev–Trinajstić information content (AvgIpc) is 3.22. The van der Waals surface area contributed by atoms with Crippen molar-refractivity contribution in [3.63, 3.8) is 0 Å². The van der Waals surface area contributed by atoms with E-state index in [1.165, 1.54) is 11.0 Å². The smallest absolute Gasteiger partial charge is 0.251 e. The highest BCUT2D eigenvalue weighted by molar-refractivity contribution is 5.95. The number of rotatable bonds is 4. The Hall–Kier alpha value is -3.54. The van der Waals surface area contributed by atoms with E-state index >= 15 is 0 Å². The predicted octanol–water partition coefficient (Wildman–Crippen LogP) is 3.31. The third kappa shape index (κ3) is 3.04. The van der Waals surface area contributed by atoms with Crippen LogP contribution in [0.1, 0.15) is 28.9 Å². The molecule has 0 fully saturated rings. The summed E-state index contributed by atoms with van der Waals surface area (Å²) in [6.45, 7) is 1.99. The van der Waals surface area contributed by atoms with Gasteiger partial charge in [0.1, 0.15) is 12.7 Å². The van der Waals surface area contributed by atoms with Crippen molar-refractivity contribution in [2.45, 2.75) is 13.0 Å². The van der Waals surface area contributed by atoms with Crippen LogP contribution in [-0.2, 0) is 0 Å². The molecular formula is C20H17N5O. The summed E-state index contributed by atoms with van der Waals surface area (Å²) >= 11 is 0. The van der Waals surface area contributed by atoms with Gasteiger partial charge in [0.2, 0.25) is 0 Å². The Morgan fingerprint density at radius 1 is 1.12 bits per heavy atom. The molecule has 1 N–H and O–H groups in total. The fourth-order valence-electron chi connectivity index (χ4n) is 3.00. The van der Waals surface area contributed by atoms with Crippen molar-refractivity contribution in [1.82, 2.24) is 25.1 Å². The molecule has 6 heteroatoms. The number of aromatic nitrogens is 4. The van der Waals surface area contributed by atoms with Gasteiger partial charge in [0, 0.05) is 11.8 Å². The molecule has 4 rings (SSSR count). The van der Waals surface area contributed by atoms with Gasteiger partial charge in [-0.1, -0.05) is 42.5 Å². The van der Waals surface area contributed by atoms with Crippen LogP contribution in [0.15, 0.2) is 73.4 Å². The molecule has 0 spiro atoms. The second-order valence-electron chi connectivity index (χ2n) is 6.01.